The van der Waals surface area contributed by atoms with Crippen molar-refractivity contribution in [1.82, 2.24) is 15.1 Å². The quantitative estimate of drug-likeness (QED) is 0.788. The third kappa shape index (κ3) is 2.38. The fourth-order valence-electron chi connectivity index (χ4n) is 2.95. The number of methoxy groups -OCH3 is 1. The lowest BCUT2D eigenvalue weighted by molar-refractivity contribution is 0.116. The first-order chi connectivity index (χ1) is 9.67. The van der Waals surface area contributed by atoms with Crippen LogP contribution in [0.2, 0.25) is 0 Å². The maximum Gasteiger partial charge on any atom is 0.317 e. The van der Waals surface area contributed by atoms with Crippen molar-refractivity contribution < 1.29 is 9.53 Å². The standard InChI is InChI=1S/C14H20N4O2/c1-20-13-3-2-10(6-12(13)15)8-17-4-5-18-11(9-17)7-16-14(18)19/h2-3,6,11H,4-5,7-9,15H2,1H3,(H,16,19). The maximum atomic E-state index is 11.6. The normalized spacial score (nSPS) is 22.6. The van der Waals surface area contributed by atoms with E-state index in [0.717, 1.165) is 32.7 Å². The lowest BCUT2D eigenvalue weighted by Gasteiger charge is -2.36. The summed E-state index contributed by atoms with van der Waals surface area (Å²) in [5, 5.41) is 2.89. The van der Waals surface area contributed by atoms with Crippen LogP contribution >= 0.6 is 0 Å². The lowest BCUT2D eigenvalue weighted by Crippen LogP contribution is -2.51. The molecule has 3 rings (SSSR count). The number of nitrogen functional groups attached to an aromatic ring is 1. The van der Waals surface area contributed by atoms with Crippen LogP contribution in [0.3, 0.4) is 0 Å². The van der Waals surface area contributed by atoms with Gasteiger partial charge in [0.2, 0.25) is 0 Å². The number of nitrogens with one attached hydrogen (secondary N) is 1. The maximum absolute atomic E-state index is 11.6. The summed E-state index contributed by atoms with van der Waals surface area (Å²) in [6, 6.07) is 6.28. The number of anilines is 1. The van der Waals surface area contributed by atoms with Crippen molar-refractivity contribution in [3.8, 4) is 5.75 Å². The van der Waals surface area contributed by atoms with Crippen molar-refractivity contribution in [1.29, 1.82) is 0 Å². The van der Waals surface area contributed by atoms with Crippen molar-refractivity contribution in [3.63, 3.8) is 0 Å². The summed E-state index contributed by atoms with van der Waals surface area (Å²) in [4.78, 5) is 15.8. The van der Waals surface area contributed by atoms with Crippen LogP contribution in [-0.2, 0) is 6.54 Å². The fourth-order valence-corrected chi connectivity index (χ4v) is 2.95. The first kappa shape index (κ1) is 13.1. The molecule has 0 spiro atoms. The molecule has 1 aromatic carbocycles. The minimum Gasteiger partial charge on any atom is -0.495 e. The Balaban J connectivity index is 1.64. The number of piperazine rings is 1. The van der Waals surface area contributed by atoms with E-state index in [1.54, 1.807) is 7.11 Å². The van der Waals surface area contributed by atoms with Crippen LogP contribution in [0.1, 0.15) is 5.56 Å². The highest BCUT2D eigenvalue weighted by molar-refractivity contribution is 5.77. The van der Waals surface area contributed by atoms with Gasteiger partial charge in [0.1, 0.15) is 5.75 Å². The van der Waals surface area contributed by atoms with Crippen LogP contribution < -0.4 is 15.8 Å². The SMILES string of the molecule is COc1ccc(CN2CCN3C(=O)NCC3C2)cc1N. The van der Waals surface area contributed by atoms with E-state index in [9.17, 15) is 4.79 Å². The van der Waals surface area contributed by atoms with Crippen molar-refractivity contribution in [2.24, 2.45) is 0 Å². The van der Waals surface area contributed by atoms with Crippen LogP contribution in [0.4, 0.5) is 10.5 Å². The van der Waals surface area contributed by atoms with Crippen LogP contribution in [0, 0.1) is 0 Å². The average Bonchev–Trinajstić information content (AvgIpc) is 2.80. The molecule has 0 radical (unpaired) electrons. The molecule has 6 nitrogen and oxygen atoms in total. The second-order valence-electron chi connectivity index (χ2n) is 5.34. The van der Waals surface area contributed by atoms with Gasteiger partial charge in [-0.3, -0.25) is 4.90 Å². The Bertz CT molecular complexity index is 520. The number of rotatable bonds is 3. The summed E-state index contributed by atoms with van der Waals surface area (Å²) >= 11 is 0. The Morgan fingerprint density at radius 3 is 3.05 bits per heavy atom. The minimum atomic E-state index is 0.0725. The number of amides is 2. The highest BCUT2D eigenvalue weighted by atomic mass is 16.5. The van der Waals surface area contributed by atoms with Crippen LogP contribution in [0.25, 0.3) is 0 Å². The molecule has 0 bridgehead atoms. The summed E-state index contributed by atoms with van der Waals surface area (Å²) in [6.45, 7) is 4.20. The third-order valence-electron chi connectivity index (χ3n) is 4.02. The van der Waals surface area contributed by atoms with Crippen molar-refractivity contribution in [2.75, 3.05) is 39.0 Å². The topological polar surface area (TPSA) is 70.8 Å². The molecule has 0 aliphatic carbocycles. The first-order valence-corrected chi connectivity index (χ1v) is 6.86. The first-order valence-electron chi connectivity index (χ1n) is 6.86. The second kappa shape index (κ2) is 5.20. The minimum absolute atomic E-state index is 0.0725. The van der Waals surface area contributed by atoms with Crippen LogP contribution in [0.5, 0.6) is 5.75 Å². The predicted molar refractivity (Wildman–Crippen MR) is 76.6 cm³/mol. The Morgan fingerprint density at radius 1 is 1.45 bits per heavy atom. The summed E-state index contributed by atoms with van der Waals surface area (Å²) in [5.41, 5.74) is 7.78. The van der Waals surface area contributed by atoms with E-state index in [2.05, 4.69) is 10.2 Å². The molecule has 0 saturated carbocycles. The van der Waals surface area contributed by atoms with E-state index >= 15 is 0 Å². The van der Waals surface area contributed by atoms with Gasteiger partial charge in [0.25, 0.3) is 0 Å². The molecule has 2 fully saturated rings. The van der Waals surface area contributed by atoms with Crippen molar-refractivity contribution in [2.45, 2.75) is 12.6 Å². The molecule has 1 atom stereocenters. The van der Waals surface area contributed by atoms with Gasteiger partial charge >= 0.3 is 6.03 Å². The van der Waals surface area contributed by atoms with Gasteiger partial charge in [-0.25, -0.2) is 4.79 Å². The number of urea groups is 1. The Hall–Kier alpha value is -1.95. The molecule has 0 aromatic heterocycles. The van der Waals surface area contributed by atoms with Gasteiger partial charge in [-0.2, -0.15) is 0 Å². The highest BCUT2D eigenvalue weighted by Crippen LogP contribution is 2.23. The molecule has 3 N–H and O–H groups in total. The van der Waals surface area contributed by atoms with Gasteiger partial charge in [0, 0.05) is 32.7 Å². The highest BCUT2D eigenvalue weighted by Gasteiger charge is 2.35. The van der Waals surface area contributed by atoms with Crippen LogP contribution in [-0.4, -0.2) is 55.2 Å². The molecule has 108 valence electrons. The van der Waals surface area contributed by atoms with Gasteiger partial charge in [0.15, 0.2) is 0 Å². The van der Waals surface area contributed by atoms with E-state index in [0.29, 0.717) is 17.5 Å². The number of carbonyl (C=O) groups is 1. The van der Waals surface area contributed by atoms with Gasteiger partial charge in [-0.05, 0) is 17.7 Å². The summed E-state index contributed by atoms with van der Waals surface area (Å²) in [5.74, 6) is 0.712. The molecular weight excluding hydrogens is 256 g/mol. The number of benzene rings is 1. The van der Waals surface area contributed by atoms with Crippen molar-refractivity contribution >= 4 is 11.7 Å². The molecule has 2 aliphatic rings. The average molecular weight is 276 g/mol. The predicted octanol–water partition coefficient (Wildman–Crippen LogP) is 0.487. The molecule has 1 aromatic rings. The molecule has 2 aliphatic heterocycles. The number of nitrogens with two attached hydrogens (primary N) is 1. The second-order valence-corrected chi connectivity index (χ2v) is 5.34. The van der Waals surface area contributed by atoms with Gasteiger partial charge < -0.3 is 20.7 Å². The Labute approximate surface area is 118 Å². The molecular formula is C14H20N4O2. The number of carbonyl (C=O) groups excluding carboxylic acids is 1. The summed E-state index contributed by atoms with van der Waals surface area (Å²) in [7, 11) is 1.62. The van der Waals surface area contributed by atoms with E-state index in [1.165, 1.54) is 5.56 Å². The van der Waals surface area contributed by atoms with Crippen LogP contribution in [0.15, 0.2) is 18.2 Å². The fraction of sp³-hybridized carbons (Fsp3) is 0.500. The zero-order valence-electron chi connectivity index (χ0n) is 11.6. The number of ether oxygens (including phenoxy) is 1. The number of hydrogen-bond donors (Lipinski definition) is 2. The molecule has 2 amide bonds. The molecule has 6 heteroatoms. The number of fused-ring (bicyclic) bond motifs is 1. The molecule has 1 unspecified atom stereocenters. The molecule has 2 saturated heterocycles. The van der Waals surface area contributed by atoms with E-state index in [1.807, 2.05) is 23.1 Å². The molecule has 2 heterocycles. The number of nitrogens with zero attached hydrogens (tertiary/aromatic N) is 2. The van der Waals surface area contributed by atoms with Crippen molar-refractivity contribution in [3.05, 3.63) is 23.8 Å². The monoisotopic (exact) mass is 276 g/mol. The Kier molecular flexibility index (Phi) is 3.40. The van der Waals surface area contributed by atoms with E-state index in [4.69, 9.17) is 10.5 Å². The van der Waals surface area contributed by atoms with Gasteiger partial charge in [-0.1, -0.05) is 6.07 Å². The van der Waals surface area contributed by atoms with E-state index in [-0.39, 0.29) is 6.03 Å². The van der Waals surface area contributed by atoms with Gasteiger partial charge in [0.05, 0.1) is 18.8 Å². The smallest absolute Gasteiger partial charge is 0.317 e. The zero-order valence-corrected chi connectivity index (χ0v) is 11.6. The molecule has 20 heavy (non-hydrogen) atoms. The van der Waals surface area contributed by atoms with E-state index < -0.39 is 0 Å². The summed E-state index contributed by atoms with van der Waals surface area (Å²) < 4.78 is 5.17. The lowest BCUT2D eigenvalue weighted by atomic mass is 10.1. The third-order valence-corrected chi connectivity index (χ3v) is 4.02. The Morgan fingerprint density at radius 2 is 2.30 bits per heavy atom. The summed E-state index contributed by atoms with van der Waals surface area (Å²) in [6.07, 6.45) is 0. The number of hydrogen-bond acceptors (Lipinski definition) is 4. The zero-order chi connectivity index (χ0) is 14.1. The van der Waals surface area contributed by atoms with Gasteiger partial charge in [-0.15, -0.1) is 0 Å². The largest absolute Gasteiger partial charge is 0.495 e.